The Hall–Kier alpha value is -0.900. The zero-order valence-electron chi connectivity index (χ0n) is 8.81. The molecule has 0 N–H and O–H groups in total. The van der Waals surface area contributed by atoms with Crippen LogP contribution >= 0.6 is 15.9 Å². The summed E-state index contributed by atoms with van der Waals surface area (Å²) in [6.07, 6.45) is 0.726. The fourth-order valence-corrected chi connectivity index (χ4v) is 1.56. The van der Waals surface area contributed by atoms with Gasteiger partial charge >= 0.3 is 0 Å². The first-order chi connectivity index (χ1) is 7.02. The van der Waals surface area contributed by atoms with Gasteiger partial charge in [-0.15, -0.1) is 0 Å². The highest BCUT2D eigenvalue weighted by atomic mass is 79.9. The first-order valence-electron chi connectivity index (χ1n) is 4.88. The number of nitro groups is 1. The molecule has 2 unspecified atom stereocenters. The zero-order chi connectivity index (χ0) is 11.4. The third-order valence-corrected chi connectivity index (χ3v) is 3.42. The summed E-state index contributed by atoms with van der Waals surface area (Å²) in [4.78, 5) is 10.8. The highest BCUT2D eigenvalue weighted by Gasteiger charge is 2.16. The van der Waals surface area contributed by atoms with Crippen LogP contribution in [-0.2, 0) is 6.42 Å². The molecule has 1 aromatic rings. The van der Waals surface area contributed by atoms with Gasteiger partial charge in [0.15, 0.2) is 0 Å². The third-order valence-electron chi connectivity index (χ3n) is 2.51. The van der Waals surface area contributed by atoms with Crippen molar-refractivity contribution in [1.82, 2.24) is 0 Å². The van der Waals surface area contributed by atoms with Crippen molar-refractivity contribution < 1.29 is 4.92 Å². The number of nitrogens with zero attached hydrogens (tertiary/aromatic N) is 1. The highest BCUT2D eigenvalue weighted by Crippen LogP contribution is 2.24. The van der Waals surface area contributed by atoms with E-state index in [1.807, 2.05) is 12.1 Å². The van der Waals surface area contributed by atoms with Crippen molar-refractivity contribution in [3.63, 3.8) is 0 Å². The van der Waals surface area contributed by atoms with E-state index in [2.05, 4.69) is 29.8 Å². The molecule has 0 radical (unpaired) electrons. The molecule has 0 fully saturated rings. The molecule has 0 saturated carbocycles. The van der Waals surface area contributed by atoms with Crippen molar-refractivity contribution in [1.29, 1.82) is 0 Å². The van der Waals surface area contributed by atoms with Crippen LogP contribution in [0.4, 0.5) is 5.69 Å². The maximum Gasteiger partial charge on any atom is 0.272 e. The smallest absolute Gasteiger partial charge is 0.258 e. The molecule has 0 bridgehead atoms. The second-order valence-corrected chi connectivity index (χ2v) is 5.19. The fraction of sp³-hybridized carbons (Fsp3) is 0.455. The minimum absolute atomic E-state index is 0.220. The summed E-state index contributed by atoms with van der Waals surface area (Å²) in [6, 6.07) is 6.92. The van der Waals surface area contributed by atoms with Crippen molar-refractivity contribution in [2.45, 2.75) is 25.1 Å². The van der Waals surface area contributed by atoms with Gasteiger partial charge in [0.05, 0.1) is 4.92 Å². The Morgan fingerprint density at radius 1 is 1.40 bits per heavy atom. The first-order valence-corrected chi connectivity index (χ1v) is 5.80. The van der Waals surface area contributed by atoms with Gasteiger partial charge in [-0.25, -0.2) is 0 Å². The van der Waals surface area contributed by atoms with E-state index in [-0.39, 0.29) is 10.6 Å². The molecule has 82 valence electrons. The van der Waals surface area contributed by atoms with Gasteiger partial charge in [0, 0.05) is 16.5 Å². The van der Waals surface area contributed by atoms with Crippen LogP contribution in [0.3, 0.4) is 0 Å². The van der Waals surface area contributed by atoms with Crippen LogP contribution in [0.5, 0.6) is 0 Å². The van der Waals surface area contributed by atoms with Crippen molar-refractivity contribution in [2.24, 2.45) is 5.92 Å². The molecule has 0 aromatic heterocycles. The molecule has 0 heterocycles. The van der Waals surface area contributed by atoms with Crippen molar-refractivity contribution in [3.8, 4) is 0 Å². The number of halogens is 1. The highest BCUT2D eigenvalue weighted by molar-refractivity contribution is 9.09. The SMILES string of the molecule is CC(Br)C(C)Cc1ccccc1[N+](=O)[O-]. The Balaban J connectivity index is 2.89. The molecule has 0 saturated heterocycles. The molecule has 3 nitrogen and oxygen atoms in total. The Kier molecular flexibility index (Phi) is 4.27. The third kappa shape index (κ3) is 3.30. The summed E-state index contributed by atoms with van der Waals surface area (Å²) in [5.41, 5.74) is 1.03. The Morgan fingerprint density at radius 3 is 2.53 bits per heavy atom. The average Bonchev–Trinajstić information content (AvgIpc) is 2.18. The van der Waals surface area contributed by atoms with Crippen LogP contribution in [0.1, 0.15) is 19.4 Å². The first kappa shape index (κ1) is 12.2. The molecule has 1 rings (SSSR count). The fourth-order valence-electron chi connectivity index (χ4n) is 1.37. The van der Waals surface area contributed by atoms with E-state index in [0.29, 0.717) is 10.7 Å². The molecular weight excluding hydrogens is 258 g/mol. The predicted molar refractivity (Wildman–Crippen MR) is 64.4 cm³/mol. The normalized spacial score (nSPS) is 14.6. The summed E-state index contributed by atoms with van der Waals surface area (Å²) in [5, 5.41) is 10.8. The maximum absolute atomic E-state index is 10.8. The van der Waals surface area contributed by atoms with Crippen LogP contribution in [0, 0.1) is 16.0 Å². The zero-order valence-corrected chi connectivity index (χ0v) is 10.4. The van der Waals surface area contributed by atoms with Crippen molar-refractivity contribution in [3.05, 3.63) is 39.9 Å². The van der Waals surface area contributed by atoms with Crippen molar-refractivity contribution in [2.75, 3.05) is 0 Å². The molecule has 0 amide bonds. The minimum Gasteiger partial charge on any atom is -0.258 e. The van der Waals surface area contributed by atoms with E-state index in [9.17, 15) is 10.1 Å². The molecule has 4 heteroatoms. The summed E-state index contributed by atoms with van der Waals surface area (Å²) in [5.74, 6) is 0.381. The van der Waals surface area contributed by atoms with E-state index < -0.39 is 0 Å². The number of benzene rings is 1. The molecular formula is C11H14BrNO2. The van der Waals surface area contributed by atoms with Gasteiger partial charge in [0.2, 0.25) is 0 Å². The van der Waals surface area contributed by atoms with E-state index in [1.54, 1.807) is 12.1 Å². The molecule has 0 aliphatic carbocycles. The van der Waals surface area contributed by atoms with Gasteiger partial charge < -0.3 is 0 Å². The molecule has 1 aromatic carbocycles. The second kappa shape index (κ2) is 5.26. The molecule has 2 atom stereocenters. The number of rotatable bonds is 4. The number of hydrogen-bond acceptors (Lipinski definition) is 2. The van der Waals surface area contributed by atoms with Crippen LogP contribution in [-0.4, -0.2) is 9.75 Å². The van der Waals surface area contributed by atoms with Crippen LogP contribution in [0.15, 0.2) is 24.3 Å². The second-order valence-electron chi connectivity index (χ2n) is 3.74. The topological polar surface area (TPSA) is 43.1 Å². The number of alkyl halides is 1. The summed E-state index contributed by atoms with van der Waals surface area (Å²) >= 11 is 3.49. The number of para-hydroxylation sites is 1. The van der Waals surface area contributed by atoms with Gasteiger partial charge in [-0.05, 0) is 12.3 Å². The predicted octanol–water partition coefficient (Wildman–Crippen LogP) is 3.56. The average molecular weight is 272 g/mol. The van der Waals surface area contributed by atoms with Gasteiger partial charge in [-0.3, -0.25) is 10.1 Å². The van der Waals surface area contributed by atoms with Gasteiger partial charge in [0.25, 0.3) is 5.69 Å². The largest absolute Gasteiger partial charge is 0.272 e. The van der Waals surface area contributed by atoms with E-state index in [0.717, 1.165) is 12.0 Å². The lowest BCUT2D eigenvalue weighted by Crippen LogP contribution is -2.10. The van der Waals surface area contributed by atoms with Crippen LogP contribution in [0.25, 0.3) is 0 Å². The molecule has 0 aliphatic rings. The quantitative estimate of drug-likeness (QED) is 0.478. The van der Waals surface area contributed by atoms with E-state index in [4.69, 9.17) is 0 Å². The molecule has 0 spiro atoms. The standard InChI is InChI=1S/C11H14BrNO2/c1-8(9(2)12)7-10-5-3-4-6-11(10)13(14)15/h3-6,8-9H,7H2,1-2H3. The lowest BCUT2D eigenvalue weighted by Gasteiger charge is -2.13. The van der Waals surface area contributed by atoms with Crippen molar-refractivity contribution >= 4 is 21.6 Å². The van der Waals surface area contributed by atoms with E-state index in [1.165, 1.54) is 0 Å². The summed E-state index contributed by atoms with van der Waals surface area (Å²) in [7, 11) is 0. The van der Waals surface area contributed by atoms with Gasteiger partial charge in [0.1, 0.15) is 0 Å². The van der Waals surface area contributed by atoms with E-state index >= 15 is 0 Å². The van der Waals surface area contributed by atoms with Crippen LogP contribution < -0.4 is 0 Å². The summed E-state index contributed by atoms with van der Waals surface area (Å²) in [6.45, 7) is 4.13. The molecule has 0 aliphatic heterocycles. The Morgan fingerprint density at radius 2 is 2.00 bits per heavy atom. The lowest BCUT2D eigenvalue weighted by molar-refractivity contribution is -0.385. The molecule has 15 heavy (non-hydrogen) atoms. The Bertz CT molecular complexity index is 352. The van der Waals surface area contributed by atoms with Gasteiger partial charge in [-0.1, -0.05) is 48.0 Å². The number of nitro benzene ring substituents is 1. The minimum atomic E-state index is -0.319. The summed E-state index contributed by atoms with van der Waals surface area (Å²) < 4.78 is 0. The monoisotopic (exact) mass is 271 g/mol. The maximum atomic E-state index is 10.8. The Labute approximate surface area is 97.8 Å². The number of hydrogen-bond donors (Lipinski definition) is 0. The van der Waals surface area contributed by atoms with Gasteiger partial charge in [-0.2, -0.15) is 0 Å². The van der Waals surface area contributed by atoms with Crippen LogP contribution in [0.2, 0.25) is 0 Å². The lowest BCUT2D eigenvalue weighted by atomic mass is 9.98.